The number of amides is 2. The van der Waals surface area contributed by atoms with E-state index < -0.39 is 10.0 Å². The number of rotatable bonds is 7. The standard InChI is InChI=1S/C24H29N3O4S/c1-26(17-18-9-11-19(12-10-18)23(28)25-20-13-14-20)24(29)21-7-3-4-8-22(21)32(30,31)27-15-5-2-6-16-27/h3-4,7-12,20H,2,5-6,13-17H2,1H3,(H,25,28). The Morgan fingerprint density at radius 1 is 1.00 bits per heavy atom. The van der Waals surface area contributed by atoms with Crippen molar-refractivity contribution >= 4 is 21.8 Å². The van der Waals surface area contributed by atoms with Crippen LogP contribution in [0.1, 0.15) is 58.4 Å². The molecule has 1 N–H and O–H groups in total. The van der Waals surface area contributed by atoms with Gasteiger partial charge in [0.15, 0.2) is 0 Å². The van der Waals surface area contributed by atoms with Crippen molar-refractivity contribution < 1.29 is 18.0 Å². The van der Waals surface area contributed by atoms with Crippen molar-refractivity contribution in [3.8, 4) is 0 Å². The molecule has 32 heavy (non-hydrogen) atoms. The molecule has 2 aliphatic rings. The summed E-state index contributed by atoms with van der Waals surface area (Å²) in [5, 5.41) is 2.95. The second-order valence-electron chi connectivity index (χ2n) is 8.57. The number of piperidine rings is 1. The molecule has 2 aromatic rings. The zero-order valence-electron chi connectivity index (χ0n) is 18.3. The Bertz CT molecular complexity index is 1090. The van der Waals surface area contributed by atoms with Gasteiger partial charge >= 0.3 is 0 Å². The fraction of sp³-hybridized carbons (Fsp3) is 0.417. The first-order valence-corrected chi connectivity index (χ1v) is 12.5. The Morgan fingerprint density at radius 2 is 1.66 bits per heavy atom. The van der Waals surface area contributed by atoms with Crippen LogP contribution in [-0.2, 0) is 16.6 Å². The van der Waals surface area contributed by atoms with Crippen LogP contribution in [0.5, 0.6) is 0 Å². The molecule has 2 aromatic carbocycles. The lowest BCUT2D eigenvalue weighted by Crippen LogP contribution is -2.37. The van der Waals surface area contributed by atoms with Gasteiger partial charge in [-0.15, -0.1) is 0 Å². The zero-order valence-corrected chi connectivity index (χ0v) is 19.1. The second-order valence-corrected chi connectivity index (χ2v) is 10.5. The minimum absolute atomic E-state index is 0.0610. The van der Waals surface area contributed by atoms with E-state index in [1.54, 1.807) is 37.4 Å². The number of nitrogens with zero attached hydrogens (tertiary/aromatic N) is 2. The first-order valence-electron chi connectivity index (χ1n) is 11.1. The largest absolute Gasteiger partial charge is 0.349 e. The van der Waals surface area contributed by atoms with Crippen LogP contribution in [0.25, 0.3) is 0 Å². The highest BCUT2D eigenvalue weighted by Gasteiger charge is 2.30. The minimum atomic E-state index is -3.72. The molecule has 1 aliphatic carbocycles. The van der Waals surface area contributed by atoms with Gasteiger partial charge < -0.3 is 10.2 Å². The third-order valence-corrected chi connectivity index (χ3v) is 7.90. The summed E-state index contributed by atoms with van der Waals surface area (Å²) in [6.07, 6.45) is 4.77. The lowest BCUT2D eigenvalue weighted by atomic mass is 10.1. The third-order valence-electron chi connectivity index (χ3n) is 5.95. The topological polar surface area (TPSA) is 86.8 Å². The van der Waals surface area contributed by atoms with Gasteiger partial charge in [-0.3, -0.25) is 9.59 Å². The molecule has 1 aliphatic heterocycles. The SMILES string of the molecule is CN(Cc1ccc(C(=O)NC2CC2)cc1)C(=O)c1ccccc1S(=O)(=O)N1CCCCC1. The van der Waals surface area contributed by atoms with E-state index in [9.17, 15) is 18.0 Å². The van der Waals surface area contributed by atoms with Crippen LogP contribution in [0.2, 0.25) is 0 Å². The Balaban J connectivity index is 1.48. The number of benzene rings is 2. The van der Waals surface area contributed by atoms with E-state index in [4.69, 9.17) is 0 Å². The van der Waals surface area contributed by atoms with E-state index in [0.717, 1.165) is 37.7 Å². The third kappa shape index (κ3) is 5.02. The highest BCUT2D eigenvalue weighted by atomic mass is 32.2. The van der Waals surface area contributed by atoms with Gasteiger partial charge in [-0.05, 0) is 55.5 Å². The summed E-state index contributed by atoms with van der Waals surface area (Å²) in [6.45, 7) is 1.28. The summed E-state index contributed by atoms with van der Waals surface area (Å²) in [4.78, 5) is 26.9. The van der Waals surface area contributed by atoms with Crippen LogP contribution in [0, 0.1) is 0 Å². The smallest absolute Gasteiger partial charge is 0.255 e. The molecule has 1 saturated heterocycles. The number of hydrogen-bond donors (Lipinski definition) is 1. The second kappa shape index (κ2) is 9.42. The van der Waals surface area contributed by atoms with Crippen LogP contribution >= 0.6 is 0 Å². The molecule has 8 heteroatoms. The molecular formula is C24H29N3O4S. The van der Waals surface area contributed by atoms with Crippen molar-refractivity contribution in [2.75, 3.05) is 20.1 Å². The van der Waals surface area contributed by atoms with Gasteiger partial charge in [0.25, 0.3) is 11.8 Å². The van der Waals surface area contributed by atoms with Gasteiger partial charge in [0, 0.05) is 38.3 Å². The van der Waals surface area contributed by atoms with Gasteiger partial charge in [-0.25, -0.2) is 8.42 Å². The van der Waals surface area contributed by atoms with Crippen molar-refractivity contribution in [2.24, 2.45) is 0 Å². The van der Waals surface area contributed by atoms with E-state index in [1.807, 2.05) is 12.1 Å². The van der Waals surface area contributed by atoms with Gasteiger partial charge in [0.05, 0.1) is 10.5 Å². The fourth-order valence-electron chi connectivity index (χ4n) is 3.92. The van der Waals surface area contributed by atoms with E-state index in [1.165, 1.54) is 15.3 Å². The molecule has 0 unspecified atom stereocenters. The summed E-state index contributed by atoms with van der Waals surface area (Å²) >= 11 is 0. The number of nitrogens with one attached hydrogen (secondary N) is 1. The van der Waals surface area contributed by atoms with E-state index >= 15 is 0 Å². The average Bonchev–Trinajstić information content (AvgIpc) is 3.63. The Kier molecular flexibility index (Phi) is 6.62. The highest BCUT2D eigenvalue weighted by molar-refractivity contribution is 7.89. The van der Waals surface area contributed by atoms with Gasteiger partial charge in [0.2, 0.25) is 10.0 Å². The highest BCUT2D eigenvalue weighted by Crippen LogP contribution is 2.25. The Labute approximate surface area is 189 Å². The Hall–Kier alpha value is -2.71. The van der Waals surface area contributed by atoms with Crippen LogP contribution in [0.15, 0.2) is 53.4 Å². The molecule has 0 atom stereocenters. The summed E-state index contributed by atoms with van der Waals surface area (Å²) in [7, 11) is -2.07. The molecule has 0 aromatic heterocycles. The molecule has 4 rings (SSSR count). The van der Waals surface area contributed by atoms with Gasteiger partial charge in [-0.2, -0.15) is 4.31 Å². The maximum absolute atomic E-state index is 13.2. The molecule has 1 saturated carbocycles. The molecule has 2 amide bonds. The zero-order chi connectivity index (χ0) is 22.7. The number of hydrogen-bond acceptors (Lipinski definition) is 4. The number of carbonyl (C=O) groups is 2. The molecule has 7 nitrogen and oxygen atoms in total. The van der Waals surface area contributed by atoms with Crippen LogP contribution < -0.4 is 5.32 Å². The van der Waals surface area contributed by atoms with Crippen molar-refractivity contribution in [3.63, 3.8) is 0 Å². The maximum atomic E-state index is 13.2. The minimum Gasteiger partial charge on any atom is -0.349 e. The summed E-state index contributed by atoms with van der Waals surface area (Å²) in [5.41, 5.74) is 1.63. The predicted octanol–water partition coefficient (Wildman–Crippen LogP) is 3.03. The Morgan fingerprint density at radius 3 is 2.31 bits per heavy atom. The number of carbonyl (C=O) groups excluding carboxylic acids is 2. The molecule has 0 radical (unpaired) electrons. The quantitative estimate of drug-likeness (QED) is 0.695. The fourth-order valence-corrected chi connectivity index (χ4v) is 5.62. The summed E-state index contributed by atoms with van der Waals surface area (Å²) < 4.78 is 27.9. The average molecular weight is 456 g/mol. The van der Waals surface area contributed by atoms with Crippen LogP contribution in [0.4, 0.5) is 0 Å². The molecule has 170 valence electrons. The predicted molar refractivity (Wildman–Crippen MR) is 122 cm³/mol. The molecule has 1 heterocycles. The normalized spacial score (nSPS) is 17.0. The van der Waals surface area contributed by atoms with E-state index in [-0.39, 0.29) is 22.3 Å². The first-order chi connectivity index (χ1) is 15.4. The summed E-state index contributed by atoms with van der Waals surface area (Å²) in [5.74, 6) is -0.433. The van der Waals surface area contributed by atoms with Crippen molar-refractivity contribution in [3.05, 3.63) is 65.2 Å². The van der Waals surface area contributed by atoms with Crippen molar-refractivity contribution in [1.82, 2.24) is 14.5 Å². The lowest BCUT2D eigenvalue weighted by Gasteiger charge is -2.27. The summed E-state index contributed by atoms with van der Waals surface area (Å²) in [6, 6.07) is 13.9. The molecule has 0 bridgehead atoms. The van der Waals surface area contributed by atoms with Crippen molar-refractivity contribution in [1.29, 1.82) is 0 Å². The monoisotopic (exact) mass is 455 g/mol. The van der Waals surface area contributed by atoms with E-state index in [2.05, 4.69) is 5.32 Å². The molecule has 0 spiro atoms. The maximum Gasteiger partial charge on any atom is 0.255 e. The molecule has 2 fully saturated rings. The van der Waals surface area contributed by atoms with Gasteiger partial charge in [0.1, 0.15) is 0 Å². The van der Waals surface area contributed by atoms with Crippen molar-refractivity contribution in [2.45, 2.75) is 49.6 Å². The lowest BCUT2D eigenvalue weighted by molar-refractivity contribution is 0.0780. The van der Waals surface area contributed by atoms with Gasteiger partial charge in [-0.1, -0.05) is 30.7 Å². The molecular weight excluding hydrogens is 426 g/mol. The number of sulfonamides is 1. The van der Waals surface area contributed by atoms with E-state index in [0.29, 0.717) is 31.2 Å². The van der Waals surface area contributed by atoms with Crippen LogP contribution in [-0.4, -0.2) is 55.6 Å². The van der Waals surface area contributed by atoms with Crippen LogP contribution in [0.3, 0.4) is 0 Å². The first kappa shape index (κ1) is 22.5.